The van der Waals surface area contributed by atoms with E-state index in [2.05, 4.69) is 4.72 Å². The standard InChI is InChI=1S/C15H13FN2O2S/c16-15-7-3-4-12(8-15)10-18-21(19,20)11-14-6-2-1-5-13(14)9-17/h1-8,18H,10-11H2. The first-order chi connectivity index (χ1) is 10.00. The minimum absolute atomic E-state index is 0.00874. The van der Waals surface area contributed by atoms with Gasteiger partial charge < -0.3 is 0 Å². The van der Waals surface area contributed by atoms with Crippen molar-refractivity contribution >= 4 is 10.0 Å². The average molecular weight is 304 g/mol. The minimum atomic E-state index is -3.60. The molecule has 0 saturated carbocycles. The Hall–Kier alpha value is -2.23. The molecule has 0 fully saturated rings. The summed E-state index contributed by atoms with van der Waals surface area (Å²) in [6.45, 7) is 0.00874. The number of nitriles is 1. The van der Waals surface area contributed by atoms with Crippen molar-refractivity contribution in [2.75, 3.05) is 0 Å². The molecule has 2 aromatic carbocycles. The number of sulfonamides is 1. The van der Waals surface area contributed by atoms with Crippen LogP contribution in [0.2, 0.25) is 0 Å². The molecule has 0 atom stereocenters. The second-order valence-corrected chi connectivity index (χ2v) is 6.29. The van der Waals surface area contributed by atoms with Crippen LogP contribution in [-0.2, 0) is 22.3 Å². The Balaban J connectivity index is 2.07. The van der Waals surface area contributed by atoms with Crippen LogP contribution in [0, 0.1) is 17.1 Å². The minimum Gasteiger partial charge on any atom is -0.212 e. The van der Waals surface area contributed by atoms with Crippen molar-refractivity contribution in [3.05, 3.63) is 71.0 Å². The van der Waals surface area contributed by atoms with Crippen molar-refractivity contribution < 1.29 is 12.8 Å². The number of halogens is 1. The van der Waals surface area contributed by atoms with Gasteiger partial charge in [-0.1, -0.05) is 30.3 Å². The zero-order valence-corrected chi connectivity index (χ0v) is 11.9. The van der Waals surface area contributed by atoms with Crippen molar-refractivity contribution in [2.45, 2.75) is 12.3 Å². The van der Waals surface area contributed by atoms with E-state index >= 15 is 0 Å². The van der Waals surface area contributed by atoms with Gasteiger partial charge in [0.05, 0.1) is 17.4 Å². The summed E-state index contributed by atoms with van der Waals surface area (Å²) in [7, 11) is -3.60. The number of rotatable bonds is 5. The molecule has 0 aliphatic rings. The summed E-state index contributed by atoms with van der Waals surface area (Å²) in [6, 6.07) is 14.2. The second-order valence-electron chi connectivity index (χ2n) is 4.48. The molecule has 4 nitrogen and oxygen atoms in total. The summed E-state index contributed by atoms with van der Waals surface area (Å²) in [5.74, 6) is -0.701. The largest absolute Gasteiger partial charge is 0.216 e. The van der Waals surface area contributed by atoms with E-state index in [-0.39, 0.29) is 12.3 Å². The Bertz CT molecular complexity index is 782. The van der Waals surface area contributed by atoms with Gasteiger partial charge in [-0.15, -0.1) is 0 Å². The molecular formula is C15H13FN2O2S. The molecule has 0 radical (unpaired) electrons. The maximum Gasteiger partial charge on any atom is 0.216 e. The lowest BCUT2D eigenvalue weighted by Gasteiger charge is -2.08. The summed E-state index contributed by atoms with van der Waals surface area (Å²) in [6.07, 6.45) is 0. The molecular weight excluding hydrogens is 291 g/mol. The third-order valence-corrected chi connectivity index (χ3v) is 4.14. The lowest BCUT2D eigenvalue weighted by Crippen LogP contribution is -2.25. The molecule has 1 N–H and O–H groups in total. The molecule has 0 amide bonds. The van der Waals surface area contributed by atoms with E-state index in [1.165, 1.54) is 18.2 Å². The van der Waals surface area contributed by atoms with E-state index < -0.39 is 15.8 Å². The van der Waals surface area contributed by atoms with Gasteiger partial charge >= 0.3 is 0 Å². The highest BCUT2D eigenvalue weighted by molar-refractivity contribution is 7.88. The van der Waals surface area contributed by atoms with Crippen LogP contribution in [0.25, 0.3) is 0 Å². The van der Waals surface area contributed by atoms with Crippen molar-refractivity contribution in [2.24, 2.45) is 0 Å². The van der Waals surface area contributed by atoms with Crippen molar-refractivity contribution in [3.63, 3.8) is 0 Å². The second kappa shape index (κ2) is 6.48. The average Bonchev–Trinajstić information content (AvgIpc) is 2.46. The molecule has 2 rings (SSSR count). The number of benzene rings is 2. The lowest BCUT2D eigenvalue weighted by atomic mass is 10.1. The molecule has 0 unspecified atom stereocenters. The molecule has 108 valence electrons. The highest BCUT2D eigenvalue weighted by atomic mass is 32.2. The molecule has 6 heteroatoms. The van der Waals surface area contributed by atoms with Crippen molar-refractivity contribution in [3.8, 4) is 6.07 Å². The summed E-state index contributed by atoms with van der Waals surface area (Å²) < 4.78 is 39.4. The first kappa shape index (κ1) is 15.2. The Kier molecular flexibility index (Phi) is 4.68. The van der Waals surface area contributed by atoms with Crippen LogP contribution < -0.4 is 4.72 Å². The van der Waals surface area contributed by atoms with Gasteiger partial charge in [0.2, 0.25) is 10.0 Å². The van der Waals surface area contributed by atoms with Crippen LogP contribution in [0.4, 0.5) is 4.39 Å². The molecule has 0 aromatic heterocycles. The third-order valence-electron chi connectivity index (χ3n) is 2.87. The zero-order valence-electron chi connectivity index (χ0n) is 11.1. The summed E-state index contributed by atoms with van der Waals surface area (Å²) in [5.41, 5.74) is 1.30. The van der Waals surface area contributed by atoms with Crippen LogP contribution >= 0.6 is 0 Å². The maximum atomic E-state index is 13.0. The quantitative estimate of drug-likeness (QED) is 0.921. The Morgan fingerprint density at radius 3 is 2.62 bits per heavy atom. The molecule has 2 aromatic rings. The first-order valence-electron chi connectivity index (χ1n) is 6.20. The molecule has 0 bridgehead atoms. The molecule has 0 heterocycles. The summed E-state index contributed by atoms with van der Waals surface area (Å²) in [5, 5.41) is 8.95. The first-order valence-corrected chi connectivity index (χ1v) is 7.85. The highest BCUT2D eigenvalue weighted by Crippen LogP contribution is 2.11. The van der Waals surface area contributed by atoms with Gasteiger partial charge in [-0.3, -0.25) is 0 Å². The lowest BCUT2D eigenvalue weighted by molar-refractivity contribution is 0.579. The Morgan fingerprint density at radius 1 is 1.14 bits per heavy atom. The van der Waals surface area contributed by atoms with Crippen molar-refractivity contribution in [1.82, 2.24) is 4.72 Å². The Morgan fingerprint density at radius 2 is 1.90 bits per heavy atom. The molecule has 0 spiro atoms. The van der Waals surface area contributed by atoms with Crippen LogP contribution in [0.3, 0.4) is 0 Å². The van der Waals surface area contributed by atoms with E-state index in [4.69, 9.17) is 5.26 Å². The monoisotopic (exact) mass is 304 g/mol. The summed E-state index contributed by atoms with van der Waals surface area (Å²) >= 11 is 0. The van der Waals surface area contributed by atoms with Gasteiger partial charge in [0.1, 0.15) is 5.82 Å². The van der Waals surface area contributed by atoms with Gasteiger partial charge in [-0.2, -0.15) is 5.26 Å². The van der Waals surface area contributed by atoms with Gasteiger partial charge in [0.15, 0.2) is 0 Å². The van der Waals surface area contributed by atoms with E-state index in [0.717, 1.165) is 0 Å². The molecule has 0 aliphatic heterocycles. The fraction of sp³-hybridized carbons (Fsp3) is 0.133. The molecule has 0 saturated heterocycles. The SMILES string of the molecule is N#Cc1ccccc1CS(=O)(=O)NCc1cccc(F)c1. The predicted octanol–water partition coefficient (Wildman–Crippen LogP) is 2.32. The van der Waals surface area contributed by atoms with E-state index in [1.54, 1.807) is 30.3 Å². The van der Waals surface area contributed by atoms with Gasteiger partial charge in [0, 0.05) is 6.54 Å². The number of hydrogen-bond acceptors (Lipinski definition) is 3. The fourth-order valence-electron chi connectivity index (χ4n) is 1.85. The Labute approximate surface area is 122 Å². The number of nitrogens with zero attached hydrogens (tertiary/aromatic N) is 1. The number of nitrogens with one attached hydrogen (secondary N) is 1. The van der Waals surface area contributed by atoms with Crippen LogP contribution in [-0.4, -0.2) is 8.42 Å². The maximum absolute atomic E-state index is 13.0. The zero-order chi connectivity index (χ0) is 15.3. The van der Waals surface area contributed by atoms with Crippen LogP contribution in [0.15, 0.2) is 48.5 Å². The van der Waals surface area contributed by atoms with Crippen LogP contribution in [0.1, 0.15) is 16.7 Å². The molecule has 21 heavy (non-hydrogen) atoms. The van der Waals surface area contributed by atoms with Crippen molar-refractivity contribution in [1.29, 1.82) is 5.26 Å². The normalized spacial score (nSPS) is 11.0. The summed E-state index contributed by atoms with van der Waals surface area (Å²) in [4.78, 5) is 0. The third kappa shape index (κ3) is 4.38. The van der Waals surface area contributed by atoms with Gasteiger partial charge in [-0.05, 0) is 29.3 Å². The van der Waals surface area contributed by atoms with Crippen LogP contribution in [0.5, 0.6) is 0 Å². The van der Waals surface area contributed by atoms with E-state index in [9.17, 15) is 12.8 Å². The molecule has 0 aliphatic carbocycles. The fourth-order valence-corrected chi connectivity index (χ4v) is 3.00. The number of hydrogen-bond donors (Lipinski definition) is 1. The van der Waals surface area contributed by atoms with Gasteiger partial charge in [0.25, 0.3) is 0 Å². The topological polar surface area (TPSA) is 70.0 Å². The predicted molar refractivity (Wildman–Crippen MR) is 77.0 cm³/mol. The van der Waals surface area contributed by atoms with Gasteiger partial charge in [-0.25, -0.2) is 17.5 Å². The highest BCUT2D eigenvalue weighted by Gasteiger charge is 2.14. The van der Waals surface area contributed by atoms with E-state index in [1.807, 2.05) is 6.07 Å². The van der Waals surface area contributed by atoms with E-state index in [0.29, 0.717) is 16.7 Å². The smallest absolute Gasteiger partial charge is 0.212 e.